The first-order valence-corrected chi connectivity index (χ1v) is 11.7. The molecular formula is C21H21ClN4O5S. The average Bonchev–Trinajstić information content (AvgIpc) is 3.27. The van der Waals surface area contributed by atoms with Crippen LogP contribution < -0.4 is 0 Å². The maximum absolute atomic E-state index is 12.8. The van der Waals surface area contributed by atoms with Crippen molar-refractivity contribution in [1.82, 2.24) is 19.3 Å². The largest absolute Gasteiger partial charge is 0.379 e. The molecule has 9 nitrogen and oxygen atoms in total. The molecule has 1 aromatic heterocycles. The molecule has 2 heterocycles. The van der Waals surface area contributed by atoms with Crippen LogP contribution >= 0.6 is 11.6 Å². The third kappa shape index (κ3) is 4.68. The van der Waals surface area contributed by atoms with Gasteiger partial charge < -0.3 is 14.2 Å². The summed E-state index contributed by atoms with van der Waals surface area (Å²) >= 11 is 6.16. The molecular weight excluding hydrogens is 456 g/mol. The van der Waals surface area contributed by atoms with Crippen molar-refractivity contribution < 1.29 is 22.5 Å². The summed E-state index contributed by atoms with van der Waals surface area (Å²) in [5, 5.41) is 4.42. The molecule has 1 saturated heterocycles. The average molecular weight is 477 g/mol. The molecule has 0 saturated carbocycles. The molecule has 0 aliphatic carbocycles. The fraction of sp³-hybridized carbons (Fsp3) is 0.286. The van der Waals surface area contributed by atoms with Crippen molar-refractivity contribution in [2.24, 2.45) is 0 Å². The lowest BCUT2D eigenvalue weighted by Crippen LogP contribution is -2.40. The predicted molar refractivity (Wildman–Crippen MR) is 117 cm³/mol. The van der Waals surface area contributed by atoms with Gasteiger partial charge in [0.2, 0.25) is 21.7 Å². The minimum absolute atomic E-state index is 0.0874. The number of ether oxygens (including phenoxy) is 1. The third-order valence-electron chi connectivity index (χ3n) is 5.01. The number of rotatable bonds is 6. The second kappa shape index (κ2) is 9.37. The highest BCUT2D eigenvalue weighted by molar-refractivity contribution is 7.89. The molecule has 168 valence electrons. The van der Waals surface area contributed by atoms with Gasteiger partial charge in [-0.05, 0) is 36.4 Å². The van der Waals surface area contributed by atoms with Gasteiger partial charge in [-0.2, -0.15) is 9.29 Å². The van der Waals surface area contributed by atoms with Crippen LogP contribution in [0, 0.1) is 0 Å². The second-order valence-electron chi connectivity index (χ2n) is 7.19. The van der Waals surface area contributed by atoms with Gasteiger partial charge in [0.15, 0.2) is 0 Å². The summed E-state index contributed by atoms with van der Waals surface area (Å²) in [6.07, 6.45) is 0. The van der Waals surface area contributed by atoms with Crippen LogP contribution in [0.25, 0.3) is 11.4 Å². The molecule has 1 aliphatic rings. The Morgan fingerprint density at radius 1 is 1.12 bits per heavy atom. The minimum Gasteiger partial charge on any atom is -0.379 e. The minimum atomic E-state index is -3.62. The van der Waals surface area contributed by atoms with Gasteiger partial charge in [0, 0.05) is 31.3 Å². The number of carbonyl (C=O) groups is 1. The SMILES string of the molecule is CN(Cc1nc(-c2ccccc2Cl)no1)C(=O)c1ccc(S(=O)(=O)N2CCOCC2)cc1. The number of nitrogens with zero attached hydrogens (tertiary/aromatic N) is 4. The van der Waals surface area contributed by atoms with Crippen LogP contribution in [0.2, 0.25) is 5.02 Å². The van der Waals surface area contributed by atoms with Crippen molar-refractivity contribution in [2.45, 2.75) is 11.4 Å². The molecule has 1 amide bonds. The van der Waals surface area contributed by atoms with Gasteiger partial charge in [0.1, 0.15) is 0 Å². The number of carbonyl (C=O) groups excluding carboxylic acids is 1. The highest BCUT2D eigenvalue weighted by atomic mass is 35.5. The van der Waals surface area contributed by atoms with Crippen LogP contribution in [-0.4, -0.2) is 67.0 Å². The molecule has 3 aromatic rings. The van der Waals surface area contributed by atoms with Crippen LogP contribution in [0.3, 0.4) is 0 Å². The quantitative estimate of drug-likeness (QED) is 0.538. The number of sulfonamides is 1. The van der Waals surface area contributed by atoms with Gasteiger partial charge >= 0.3 is 0 Å². The molecule has 0 spiro atoms. The van der Waals surface area contributed by atoms with Crippen molar-refractivity contribution in [1.29, 1.82) is 0 Å². The molecule has 0 unspecified atom stereocenters. The zero-order valence-electron chi connectivity index (χ0n) is 17.3. The van der Waals surface area contributed by atoms with Gasteiger partial charge in [-0.25, -0.2) is 8.42 Å². The van der Waals surface area contributed by atoms with E-state index in [-0.39, 0.29) is 23.2 Å². The standard InChI is InChI=1S/C21H21ClN4O5S/c1-25(14-19-23-20(24-31-19)17-4-2-3-5-18(17)22)21(27)15-6-8-16(9-7-15)32(28,29)26-10-12-30-13-11-26/h2-9H,10-14H2,1H3. The monoisotopic (exact) mass is 476 g/mol. The molecule has 0 radical (unpaired) electrons. The van der Waals surface area contributed by atoms with E-state index in [2.05, 4.69) is 10.1 Å². The summed E-state index contributed by atoms with van der Waals surface area (Å²) in [6, 6.07) is 13.0. The van der Waals surface area contributed by atoms with E-state index in [4.69, 9.17) is 20.9 Å². The Bertz CT molecular complexity index is 1210. The van der Waals surface area contributed by atoms with Gasteiger partial charge in [-0.1, -0.05) is 28.9 Å². The normalized spacial score (nSPS) is 14.9. The smallest absolute Gasteiger partial charge is 0.254 e. The lowest BCUT2D eigenvalue weighted by Gasteiger charge is -2.26. The number of aromatic nitrogens is 2. The van der Waals surface area contributed by atoms with E-state index in [1.54, 1.807) is 25.2 Å². The molecule has 0 bridgehead atoms. The molecule has 0 N–H and O–H groups in total. The van der Waals surface area contributed by atoms with Gasteiger partial charge in [-0.3, -0.25) is 4.79 Å². The Labute approximate surface area is 190 Å². The van der Waals surface area contributed by atoms with E-state index in [0.29, 0.717) is 48.3 Å². The lowest BCUT2D eigenvalue weighted by atomic mass is 10.2. The predicted octanol–water partition coefficient (Wildman–Crippen LogP) is 2.68. The zero-order valence-corrected chi connectivity index (χ0v) is 18.8. The number of benzene rings is 2. The van der Waals surface area contributed by atoms with Crippen LogP contribution in [0.5, 0.6) is 0 Å². The van der Waals surface area contributed by atoms with Gasteiger partial charge in [0.05, 0.1) is 29.7 Å². The van der Waals surface area contributed by atoms with Crippen molar-refractivity contribution in [3.05, 3.63) is 65.0 Å². The Hall–Kier alpha value is -2.79. The van der Waals surface area contributed by atoms with E-state index in [1.807, 2.05) is 6.07 Å². The van der Waals surface area contributed by atoms with Gasteiger partial charge in [0.25, 0.3) is 5.91 Å². The van der Waals surface area contributed by atoms with Crippen LogP contribution in [0.1, 0.15) is 16.2 Å². The third-order valence-corrected chi connectivity index (χ3v) is 7.25. The first-order chi connectivity index (χ1) is 15.4. The molecule has 4 rings (SSSR count). The summed E-state index contributed by atoms with van der Waals surface area (Å²) < 4.78 is 37.3. The number of halogens is 1. The topological polar surface area (TPSA) is 106 Å². The van der Waals surface area contributed by atoms with E-state index in [0.717, 1.165) is 0 Å². The molecule has 2 aromatic carbocycles. The first-order valence-electron chi connectivity index (χ1n) is 9.87. The first kappa shape index (κ1) is 22.4. The number of hydrogen-bond donors (Lipinski definition) is 0. The van der Waals surface area contributed by atoms with Crippen molar-refractivity contribution in [3.8, 4) is 11.4 Å². The summed E-state index contributed by atoms with van der Waals surface area (Å²) in [5.41, 5.74) is 0.981. The maximum atomic E-state index is 12.8. The van der Waals surface area contributed by atoms with Crippen molar-refractivity contribution in [2.75, 3.05) is 33.4 Å². The van der Waals surface area contributed by atoms with Crippen LogP contribution in [-0.2, 0) is 21.3 Å². The van der Waals surface area contributed by atoms with Crippen LogP contribution in [0.4, 0.5) is 0 Å². The Morgan fingerprint density at radius 2 is 1.81 bits per heavy atom. The fourth-order valence-electron chi connectivity index (χ4n) is 3.27. The number of amides is 1. The highest BCUT2D eigenvalue weighted by Gasteiger charge is 2.26. The van der Waals surface area contributed by atoms with Crippen LogP contribution in [0.15, 0.2) is 57.9 Å². The summed E-state index contributed by atoms with van der Waals surface area (Å²) in [6.45, 7) is 1.45. The van der Waals surface area contributed by atoms with Crippen molar-refractivity contribution >= 4 is 27.5 Å². The molecule has 1 fully saturated rings. The molecule has 11 heteroatoms. The molecule has 0 atom stereocenters. The fourth-order valence-corrected chi connectivity index (χ4v) is 4.90. The molecule has 32 heavy (non-hydrogen) atoms. The maximum Gasteiger partial charge on any atom is 0.254 e. The summed E-state index contributed by atoms with van der Waals surface area (Å²) in [4.78, 5) is 18.6. The summed E-state index contributed by atoms with van der Waals surface area (Å²) in [7, 11) is -2.02. The second-order valence-corrected chi connectivity index (χ2v) is 9.54. The van der Waals surface area contributed by atoms with E-state index in [1.165, 1.54) is 33.5 Å². The highest BCUT2D eigenvalue weighted by Crippen LogP contribution is 2.25. The molecule has 1 aliphatic heterocycles. The number of hydrogen-bond acceptors (Lipinski definition) is 7. The van der Waals surface area contributed by atoms with E-state index < -0.39 is 10.0 Å². The Morgan fingerprint density at radius 3 is 2.50 bits per heavy atom. The van der Waals surface area contributed by atoms with E-state index in [9.17, 15) is 13.2 Å². The number of morpholine rings is 1. The van der Waals surface area contributed by atoms with Crippen molar-refractivity contribution in [3.63, 3.8) is 0 Å². The van der Waals surface area contributed by atoms with Gasteiger partial charge in [-0.15, -0.1) is 0 Å². The summed E-state index contributed by atoms with van der Waals surface area (Å²) in [5.74, 6) is 0.282. The zero-order chi connectivity index (χ0) is 22.7. The Balaban J connectivity index is 1.44. The lowest BCUT2D eigenvalue weighted by molar-refractivity contribution is 0.0730. The Kier molecular flexibility index (Phi) is 6.56. The van der Waals surface area contributed by atoms with E-state index >= 15 is 0 Å².